The molecule has 1 aromatic carbocycles. The van der Waals surface area contributed by atoms with E-state index >= 15 is 0 Å². The summed E-state index contributed by atoms with van der Waals surface area (Å²) >= 11 is 0. The Bertz CT molecular complexity index is 227. The lowest BCUT2D eigenvalue weighted by molar-refractivity contribution is 0.923. The average molecular weight is 196 g/mol. The number of rotatable bonds is 2. The Balaban J connectivity index is 1.94. The average Bonchev–Trinajstić information content (AvgIpc) is 2.59. The molecule has 0 aliphatic carbocycles. The summed E-state index contributed by atoms with van der Waals surface area (Å²) in [4.78, 5) is 0. The summed E-state index contributed by atoms with van der Waals surface area (Å²) in [6, 6.07) is 10.9. The second-order valence-corrected chi connectivity index (χ2v) is 6.90. The van der Waals surface area contributed by atoms with E-state index in [4.69, 9.17) is 0 Å². The predicted octanol–water partition coefficient (Wildman–Crippen LogP) is 2.79. The third-order valence-electron chi connectivity index (χ3n) is 2.17. The zero-order valence-electron chi connectivity index (χ0n) is 7.09. The van der Waals surface area contributed by atoms with Crippen LogP contribution in [0.2, 0.25) is 0 Å². The van der Waals surface area contributed by atoms with Gasteiger partial charge in [0.05, 0.1) is 0 Å². The van der Waals surface area contributed by atoms with Gasteiger partial charge in [0.2, 0.25) is 0 Å². The molecular formula is C10H14P2. The quantitative estimate of drug-likeness (QED) is 0.638. The van der Waals surface area contributed by atoms with E-state index in [9.17, 15) is 0 Å². The van der Waals surface area contributed by atoms with Crippen LogP contribution in [-0.4, -0.2) is 11.6 Å². The molecule has 1 aromatic rings. The lowest BCUT2D eigenvalue weighted by Gasteiger charge is -2.07. The van der Waals surface area contributed by atoms with Gasteiger partial charge in [0.25, 0.3) is 0 Å². The second-order valence-electron chi connectivity index (χ2n) is 3.16. The van der Waals surface area contributed by atoms with E-state index in [2.05, 4.69) is 30.3 Å². The summed E-state index contributed by atoms with van der Waals surface area (Å²) in [6.07, 6.45) is 4.44. The molecule has 2 heteroatoms. The first-order valence-electron chi connectivity index (χ1n) is 4.50. The van der Waals surface area contributed by atoms with E-state index in [0.717, 1.165) is 14.0 Å². The largest absolute Gasteiger partial charge is 0.114 e. The third kappa shape index (κ3) is 2.28. The highest BCUT2D eigenvalue weighted by molar-refractivity contribution is 7.62. The Morgan fingerprint density at radius 3 is 2.75 bits per heavy atom. The highest BCUT2D eigenvalue weighted by Crippen LogP contribution is 2.42. The summed E-state index contributed by atoms with van der Waals surface area (Å²) in [7, 11) is 2.31. The minimum atomic E-state index is 1.03. The Morgan fingerprint density at radius 1 is 1.25 bits per heavy atom. The monoisotopic (exact) mass is 196 g/mol. The van der Waals surface area contributed by atoms with Gasteiger partial charge in [-0.3, -0.25) is 0 Å². The maximum absolute atomic E-state index is 2.27. The van der Waals surface area contributed by atoms with Crippen molar-refractivity contribution in [1.82, 2.24) is 0 Å². The van der Waals surface area contributed by atoms with E-state index in [1.165, 1.54) is 27.6 Å². The molecule has 1 aliphatic rings. The van der Waals surface area contributed by atoms with Crippen molar-refractivity contribution in [1.29, 1.82) is 0 Å². The van der Waals surface area contributed by atoms with E-state index < -0.39 is 0 Å². The minimum absolute atomic E-state index is 1.03. The Morgan fingerprint density at radius 2 is 2.08 bits per heavy atom. The molecule has 1 aliphatic heterocycles. The van der Waals surface area contributed by atoms with E-state index in [0.29, 0.717) is 0 Å². The van der Waals surface area contributed by atoms with Crippen LogP contribution in [0.25, 0.3) is 0 Å². The standard InChI is InChI=1S/C10H14P2/c1-2-5-9(6-3-1)12-10-7-4-8-11-10/h1-3,5-6,10-12H,4,7-8H2. The van der Waals surface area contributed by atoms with E-state index in [1.807, 2.05) is 0 Å². The van der Waals surface area contributed by atoms with Crippen molar-refractivity contribution in [2.75, 3.05) is 6.16 Å². The van der Waals surface area contributed by atoms with Crippen LogP contribution in [0.3, 0.4) is 0 Å². The van der Waals surface area contributed by atoms with Gasteiger partial charge >= 0.3 is 0 Å². The SMILES string of the molecule is c1ccc(PC2CCCP2)cc1. The molecule has 1 saturated heterocycles. The van der Waals surface area contributed by atoms with Crippen LogP contribution < -0.4 is 5.30 Å². The molecule has 3 unspecified atom stereocenters. The molecule has 0 radical (unpaired) electrons. The fourth-order valence-corrected chi connectivity index (χ4v) is 5.19. The molecule has 2 rings (SSSR count). The van der Waals surface area contributed by atoms with Crippen molar-refractivity contribution in [3.63, 3.8) is 0 Å². The van der Waals surface area contributed by atoms with Crippen molar-refractivity contribution in [3.8, 4) is 0 Å². The molecular weight excluding hydrogens is 182 g/mol. The lowest BCUT2D eigenvalue weighted by atomic mass is 10.4. The summed E-state index contributed by atoms with van der Waals surface area (Å²) in [6.45, 7) is 0. The Labute approximate surface area is 77.7 Å². The highest BCUT2D eigenvalue weighted by Gasteiger charge is 2.14. The maximum Gasteiger partial charge on any atom is -0.00205 e. The van der Waals surface area contributed by atoms with Crippen molar-refractivity contribution >= 4 is 22.5 Å². The Kier molecular flexibility index (Phi) is 3.15. The van der Waals surface area contributed by atoms with Crippen LogP contribution in [0.5, 0.6) is 0 Å². The molecule has 0 aromatic heterocycles. The molecule has 0 bridgehead atoms. The van der Waals surface area contributed by atoms with Crippen LogP contribution in [0.4, 0.5) is 0 Å². The molecule has 0 nitrogen and oxygen atoms in total. The van der Waals surface area contributed by atoms with Crippen LogP contribution in [-0.2, 0) is 0 Å². The summed E-state index contributed by atoms with van der Waals surface area (Å²) in [5.74, 6) is 0. The summed E-state index contributed by atoms with van der Waals surface area (Å²) in [5.41, 5.74) is 0. The lowest BCUT2D eigenvalue weighted by Crippen LogP contribution is -1.97. The van der Waals surface area contributed by atoms with Crippen molar-refractivity contribution in [2.24, 2.45) is 0 Å². The first-order valence-corrected chi connectivity index (χ1v) is 6.86. The molecule has 1 fully saturated rings. The van der Waals surface area contributed by atoms with Crippen LogP contribution in [0.15, 0.2) is 30.3 Å². The Hall–Kier alpha value is 0.0800. The zero-order chi connectivity index (χ0) is 8.23. The molecule has 0 spiro atoms. The number of hydrogen-bond acceptors (Lipinski definition) is 0. The van der Waals surface area contributed by atoms with Gasteiger partial charge in [-0.05, 0) is 29.7 Å². The predicted molar refractivity (Wildman–Crippen MR) is 60.6 cm³/mol. The fourth-order valence-electron chi connectivity index (χ4n) is 1.54. The van der Waals surface area contributed by atoms with Gasteiger partial charge in [-0.25, -0.2) is 0 Å². The topological polar surface area (TPSA) is 0 Å². The molecule has 0 N–H and O–H groups in total. The van der Waals surface area contributed by atoms with Crippen LogP contribution in [0.1, 0.15) is 12.8 Å². The summed E-state index contributed by atoms with van der Waals surface area (Å²) < 4.78 is 0. The van der Waals surface area contributed by atoms with Gasteiger partial charge in [0, 0.05) is 0 Å². The van der Waals surface area contributed by atoms with Crippen molar-refractivity contribution < 1.29 is 0 Å². The highest BCUT2D eigenvalue weighted by atomic mass is 31.1. The van der Waals surface area contributed by atoms with Crippen molar-refractivity contribution in [2.45, 2.75) is 18.2 Å². The molecule has 0 amide bonds. The molecule has 0 saturated carbocycles. The van der Waals surface area contributed by atoms with Crippen molar-refractivity contribution in [3.05, 3.63) is 30.3 Å². The first-order chi connectivity index (χ1) is 5.95. The van der Waals surface area contributed by atoms with Gasteiger partial charge < -0.3 is 0 Å². The van der Waals surface area contributed by atoms with Gasteiger partial charge in [0.15, 0.2) is 0 Å². The van der Waals surface area contributed by atoms with Crippen LogP contribution in [0, 0.1) is 0 Å². The molecule has 64 valence electrons. The second kappa shape index (κ2) is 4.35. The van der Waals surface area contributed by atoms with Gasteiger partial charge in [-0.2, -0.15) is 0 Å². The zero-order valence-corrected chi connectivity index (χ0v) is 9.09. The normalized spacial score (nSPS) is 25.8. The molecule has 12 heavy (non-hydrogen) atoms. The van der Waals surface area contributed by atoms with E-state index in [1.54, 1.807) is 5.30 Å². The maximum atomic E-state index is 2.27. The first kappa shape index (κ1) is 8.67. The van der Waals surface area contributed by atoms with Gasteiger partial charge in [-0.15, -0.1) is 8.58 Å². The van der Waals surface area contributed by atoms with Gasteiger partial charge in [0.1, 0.15) is 0 Å². The molecule has 1 heterocycles. The third-order valence-corrected chi connectivity index (χ3v) is 5.95. The number of benzene rings is 1. The van der Waals surface area contributed by atoms with Gasteiger partial charge in [-0.1, -0.05) is 38.9 Å². The van der Waals surface area contributed by atoms with E-state index in [-0.39, 0.29) is 0 Å². The minimum Gasteiger partial charge on any atom is -0.114 e. The smallest absolute Gasteiger partial charge is 0.00205 e. The fraction of sp³-hybridized carbons (Fsp3) is 0.400. The molecule has 3 atom stereocenters. The number of hydrogen-bond donors (Lipinski definition) is 0. The van der Waals surface area contributed by atoms with Crippen LogP contribution >= 0.6 is 17.2 Å². The summed E-state index contributed by atoms with van der Waals surface area (Å²) in [5, 5.41) is 2.59.